The third-order valence-corrected chi connectivity index (χ3v) is 3.55. The van der Waals surface area contributed by atoms with Crippen molar-refractivity contribution in [2.75, 3.05) is 5.75 Å². The zero-order valence-electron chi connectivity index (χ0n) is 8.42. The van der Waals surface area contributed by atoms with Gasteiger partial charge in [0, 0.05) is 11.8 Å². The molecule has 1 fully saturated rings. The van der Waals surface area contributed by atoms with Crippen LogP contribution in [0.15, 0.2) is 4.99 Å². The van der Waals surface area contributed by atoms with Crippen molar-refractivity contribution in [1.29, 1.82) is 0 Å². The predicted molar refractivity (Wildman–Crippen MR) is 59.3 cm³/mol. The highest BCUT2D eigenvalue weighted by atomic mass is 32.2. The first-order chi connectivity index (χ1) is 6.25. The minimum atomic E-state index is 0.558. The van der Waals surface area contributed by atoms with Gasteiger partial charge in [-0.25, -0.2) is 0 Å². The predicted octanol–water partition coefficient (Wildman–Crippen LogP) is 2.26. The van der Waals surface area contributed by atoms with Gasteiger partial charge in [-0.15, -0.1) is 0 Å². The Bertz CT molecular complexity index is 209. The van der Waals surface area contributed by atoms with E-state index in [2.05, 4.69) is 19.2 Å². The molecule has 2 nitrogen and oxygen atoms in total. The Morgan fingerprint density at radius 3 is 2.77 bits per heavy atom. The molecule has 0 aromatic carbocycles. The number of thioether (sulfide) groups is 1. The van der Waals surface area contributed by atoms with Crippen molar-refractivity contribution in [3.63, 3.8) is 0 Å². The number of hydrogen-bond acceptors (Lipinski definition) is 3. The molecule has 1 saturated carbocycles. The Balaban J connectivity index is 1.92. The summed E-state index contributed by atoms with van der Waals surface area (Å²) in [7, 11) is 0. The van der Waals surface area contributed by atoms with Gasteiger partial charge in [0.1, 0.15) is 0 Å². The fourth-order valence-corrected chi connectivity index (χ4v) is 2.51. The van der Waals surface area contributed by atoms with Crippen molar-refractivity contribution < 1.29 is 0 Å². The standard InChI is InChI=1S/C10H18N2S/c1-7(2)9-5-6-13-10(12-9)11-8-3-4-8/h7-9H,3-6H2,1-2H3,(H,11,12). The van der Waals surface area contributed by atoms with Gasteiger partial charge in [-0.2, -0.15) is 0 Å². The van der Waals surface area contributed by atoms with Gasteiger partial charge in [0.2, 0.25) is 0 Å². The average Bonchev–Trinajstić information content (AvgIpc) is 2.89. The zero-order valence-corrected chi connectivity index (χ0v) is 9.23. The van der Waals surface area contributed by atoms with Gasteiger partial charge < -0.3 is 5.32 Å². The van der Waals surface area contributed by atoms with Gasteiger partial charge >= 0.3 is 0 Å². The molecular weight excluding hydrogens is 180 g/mol. The number of rotatable bonds is 2. The van der Waals surface area contributed by atoms with E-state index in [1.165, 1.54) is 30.2 Å². The second kappa shape index (κ2) is 3.91. The molecule has 2 rings (SSSR count). The minimum absolute atomic E-state index is 0.558. The maximum atomic E-state index is 4.73. The van der Waals surface area contributed by atoms with E-state index in [9.17, 15) is 0 Å². The van der Waals surface area contributed by atoms with Crippen molar-refractivity contribution in [2.24, 2.45) is 10.9 Å². The number of amidine groups is 1. The Morgan fingerprint density at radius 2 is 2.15 bits per heavy atom. The summed E-state index contributed by atoms with van der Waals surface area (Å²) in [5.41, 5.74) is 0. The lowest BCUT2D eigenvalue weighted by atomic mass is 10.0. The van der Waals surface area contributed by atoms with Crippen LogP contribution in [0.1, 0.15) is 33.1 Å². The molecule has 1 aliphatic carbocycles. The molecule has 1 unspecified atom stereocenters. The SMILES string of the molecule is CC(C)C1CCSC(NC2CC2)=N1. The van der Waals surface area contributed by atoms with Crippen LogP contribution < -0.4 is 5.32 Å². The van der Waals surface area contributed by atoms with Crippen LogP contribution in [0.5, 0.6) is 0 Å². The van der Waals surface area contributed by atoms with Crippen LogP contribution in [0.25, 0.3) is 0 Å². The van der Waals surface area contributed by atoms with Gasteiger partial charge in [-0.1, -0.05) is 25.6 Å². The second-order valence-corrected chi connectivity index (χ2v) is 5.38. The molecule has 0 spiro atoms. The van der Waals surface area contributed by atoms with Gasteiger partial charge in [-0.3, -0.25) is 4.99 Å². The van der Waals surface area contributed by atoms with E-state index in [1.807, 2.05) is 11.8 Å². The lowest BCUT2D eigenvalue weighted by Crippen LogP contribution is -2.30. The number of hydrogen-bond donors (Lipinski definition) is 1. The highest BCUT2D eigenvalue weighted by Crippen LogP contribution is 2.25. The quantitative estimate of drug-likeness (QED) is 0.736. The zero-order chi connectivity index (χ0) is 9.26. The van der Waals surface area contributed by atoms with Crippen molar-refractivity contribution in [1.82, 2.24) is 5.32 Å². The van der Waals surface area contributed by atoms with E-state index in [1.54, 1.807) is 0 Å². The van der Waals surface area contributed by atoms with E-state index < -0.39 is 0 Å². The molecule has 0 saturated heterocycles. The molecule has 0 radical (unpaired) electrons. The van der Waals surface area contributed by atoms with Gasteiger partial charge in [-0.05, 0) is 25.2 Å². The van der Waals surface area contributed by atoms with Crippen LogP contribution in [-0.4, -0.2) is 23.0 Å². The van der Waals surface area contributed by atoms with E-state index in [4.69, 9.17) is 4.99 Å². The highest BCUT2D eigenvalue weighted by molar-refractivity contribution is 8.13. The summed E-state index contributed by atoms with van der Waals surface area (Å²) in [6, 6.07) is 1.31. The average molecular weight is 198 g/mol. The summed E-state index contributed by atoms with van der Waals surface area (Å²) < 4.78 is 0. The maximum Gasteiger partial charge on any atom is 0.157 e. The van der Waals surface area contributed by atoms with Crippen LogP contribution in [0.2, 0.25) is 0 Å². The maximum absolute atomic E-state index is 4.73. The van der Waals surface area contributed by atoms with Gasteiger partial charge in [0.15, 0.2) is 5.17 Å². The second-order valence-electron chi connectivity index (χ2n) is 4.30. The first-order valence-corrected chi connectivity index (χ1v) is 6.21. The van der Waals surface area contributed by atoms with Crippen LogP contribution >= 0.6 is 11.8 Å². The highest BCUT2D eigenvalue weighted by Gasteiger charge is 2.25. The normalized spacial score (nSPS) is 28.8. The van der Waals surface area contributed by atoms with Crippen LogP contribution in [-0.2, 0) is 0 Å². The van der Waals surface area contributed by atoms with Crippen LogP contribution in [0.4, 0.5) is 0 Å². The van der Waals surface area contributed by atoms with Gasteiger partial charge in [0.25, 0.3) is 0 Å². The topological polar surface area (TPSA) is 24.4 Å². The largest absolute Gasteiger partial charge is 0.362 e. The van der Waals surface area contributed by atoms with E-state index in [-0.39, 0.29) is 0 Å². The molecule has 1 N–H and O–H groups in total. The smallest absolute Gasteiger partial charge is 0.157 e. The molecule has 3 heteroatoms. The number of nitrogens with one attached hydrogen (secondary N) is 1. The Hall–Kier alpha value is -0.180. The molecule has 13 heavy (non-hydrogen) atoms. The summed E-state index contributed by atoms with van der Waals surface area (Å²) >= 11 is 1.89. The lowest BCUT2D eigenvalue weighted by Gasteiger charge is -2.23. The molecule has 0 aromatic rings. The molecule has 2 aliphatic rings. The summed E-state index contributed by atoms with van der Waals surface area (Å²) in [4.78, 5) is 4.73. The summed E-state index contributed by atoms with van der Waals surface area (Å²) in [6.45, 7) is 4.53. The van der Waals surface area contributed by atoms with Crippen LogP contribution in [0.3, 0.4) is 0 Å². The third-order valence-electron chi connectivity index (χ3n) is 2.61. The van der Waals surface area contributed by atoms with E-state index in [0.717, 1.165) is 6.04 Å². The molecule has 0 aromatic heterocycles. The van der Waals surface area contributed by atoms with E-state index >= 15 is 0 Å². The number of aliphatic imine (C=N–C) groups is 1. The van der Waals surface area contributed by atoms with Crippen molar-refractivity contribution in [2.45, 2.75) is 45.2 Å². The fraction of sp³-hybridized carbons (Fsp3) is 0.900. The Kier molecular flexibility index (Phi) is 2.82. The molecule has 1 heterocycles. The van der Waals surface area contributed by atoms with Crippen LogP contribution in [0, 0.1) is 5.92 Å². The Labute approximate surface area is 84.6 Å². The molecule has 74 valence electrons. The first-order valence-electron chi connectivity index (χ1n) is 5.23. The lowest BCUT2D eigenvalue weighted by molar-refractivity contribution is 0.483. The first kappa shape index (κ1) is 9.38. The molecular formula is C10H18N2S. The molecule has 1 aliphatic heterocycles. The molecule has 0 amide bonds. The summed E-state index contributed by atoms with van der Waals surface area (Å²) in [5, 5.41) is 4.69. The molecule has 0 bridgehead atoms. The minimum Gasteiger partial charge on any atom is -0.362 e. The number of nitrogens with zero attached hydrogens (tertiary/aromatic N) is 1. The van der Waals surface area contributed by atoms with Crippen molar-refractivity contribution in [3.05, 3.63) is 0 Å². The van der Waals surface area contributed by atoms with Crippen molar-refractivity contribution >= 4 is 16.9 Å². The van der Waals surface area contributed by atoms with Crippen molar-refractivity contribution in [3.8, 4) is 0 Å². The van der Waals surface area contributed by atoms with E-state index in [0.29, 0.717) is 12.0 Å². The fourth-order valence-electron chi connectivity index (χ4n) is 1.49. The Morgan fingerprint density at radius 1 is 1.38 bits per heavy atom. The summed E-state index contributed by atoms with van der Waals surface area (Å²) in [6.07, 6.45) is 3.93. The molecule has 1 atom stereocenters. The monoisotopic (exact) mass is 198 g/mol. The third kappa shape index (κ3) is 2.63. The van der Waals surface area contributed by atoms with Gasteiger partial charge in [0.05, 0.1) is 6.04 Å². The summed E-state index contributed by atoms with van der Waals surface area (Å²) in [5.74, 6) is 1.93.